The molecule has 0 N–H and O–H groups in total. The number of hydrogen-bond acceptors (Lipinski definition) is 1. The second-order valence-electron chi connectivity index (χ2n) is 5.26. The fourth-order valence-electron chi connectivity index (χ4n) is 3.11. The van der Waals surface area contributed by atoms with Crippen LogP contribution in [0.5, 0.6) is 0 Å². The van der Waals surface area contributed by atoms with Gasteiger partial charge in [0.1, 0.15) is 5.78 Å². The highest BCUT2D eigenvalue weighted by molar-refractivity contribution is 5.90. The maximum absolute atomic E-state index is 12.6. The van der Waals surface area contributed by atoms with E-state index in [-0.39, 0.29) is 5.41 Å². The Morgan fingerprint density at radius 3 is 2.44 bits per heavy atom. The Morgan fingerprint density at radius 2 is 1.83 bits per heavy atom. The molecule has 0 aliphatic heterocycles. The summed E-state index contributed by atoms with van der Waals surface area (Å²) in [4.78, 5) is 12.6. The van der Waals surface area contributed by atoms with E-state index in [2.05, 4.69) is 18.7 Å². The molecule has 2 rings (SSSR count). The average molecular weight is 242 g/mol. The number of carbonyl (C=O) groups is 1. The Balaban J connectivity index is 2.28. The minimum absolute atomic E-state index is 0.206. The second-order valence-corrected chi connectivity index (χ2v) is 5.26. The molecule has 0 aromatic heterocycles. The molecule has 0 bridgehead atoms. The number of hydrogen-bond donors (Lipinski definition) is 0. The first-order valence-electron chi connectivity index (χ1n) is 6.99. The molecule has 0 atom stereocenters. The summed E-state index contributed by atoms with van der Waals surface area (Å²) in [5.41, 5.74) is 1.02. The Hall–Kier alpha value is -1.37. The summed E-state index contributed by atoms with van der Waals surface area (Å²) in [6.07, 6.45) is 8.94. The largest absolute Gasteiger partial charge is 0.299 e. The van der Waals surface area contributed by atoms with Crippen molar-refractivity contribution in [3.63, 3.8) is 0 Å². The molecule has 1 aliphatic rings. The fraction of sp³-hybridized carbons (Fsp3) is 0.471. The second kappa shape index (κ2) is 5.99. The lowest BCUT2D eigenvalue weighted by atomic mass is 9.66. The van der Waals surface area contributed by atoms with Gasteiger partial charge in [0.25, 0.3) is 0 Å². The highest BCUT2D eigenvalue weighted by Crippen LogP contribution is 2.41. The van der Waals surface area contributed by atoms with E-state index in [0.717, 1.165) is 19.3 Å². The lowest BCUT2D eigenvalue weighted by Gasteiger charge is -2.36. The molecular weight excluding hydrogens is 220 g/mol. The molecule has 96 valence electrons. The molecule has 0 amide bonds. The maximum atomic E-state index is 12.6. The third-order valence-electron chi connectivity index (χ3n) is 4.14. The van der Waals surface area contributed by atoms with Crippen LogP contribution in [0.3, 0.4) is 0 Å². The van der Waals surface area contributed by atoms with Crippen molar-refractivity contribution in [2.24, 2.45) is 0 Å². The number of allylic oxidation sites excluding steroid dienone is 1. The number of benzene rings is 1. The van der Waals surface area contributed by atoms with Gasteiger partial charge in [-0.1, -0.05) is 55.7 Å². The fourth-order valence-corrected chi connectivity index (χ4v) is 3.11. The summed E-state index contributed by atoms with van der Waals surface area (Å²) in [5, 5.41) is 0. The first-order chi connectivity index (χ1) is 8.79. The van der Waals surface area contributed by atoms with Crippen molar-refractivity contribution in [1.82, 2.24) is 0 Å². The summed E-state index contributed by atoms with van der Waals surface area (Å²) in [5.74, 6) is 0.410. The molecule has 18 heavy (non-hydrogen) atoms. The van der Waals surface area contributed by atoms with E-state index >= 15 is 0 Å². The Bertz CT molecular complexity index is 399. The average Bonchev–Trinajstić information content (AvgIpc) is 2.46. The Morgan fingerprint density at radius 1 is 1.17 bits per heavy atom. The number of rotatable bonds is 5. The molecule has 1 saturated carbocycles. The minimum atomic E-state index is -0.206. The molecular formula is C17H22O. The van der Waals surface area contributed by atoms with Gasteiger partial charge in [0.05, 0.1) is 5.41 Å². The third kappa shape index (κ3) is 2.55. The van der Waals surface area contributed by atoms with Crippen LogP contribution in [0, 0.1) is 0 Å². The lowest BCUT2D eigenvalue weighted by molar-refractivity contribution is -0.125. The van der Waals surface area contributed by atoms with E-state index in [4.69, 9.17) is 0 Å². The minimum Gasteiger partial charge on any atom is -0.299 e. The number of Topliss-reactive ketones (excluding diaryl/α,β-unsaturated/α-hetero) is 1. The van der Waals surface area contributed by atoms with Crippen molar-refractivity contribution in [3.05, 3.63) is 48.6 Å². The Kier molecular flexibility index (Phi) is 4.35. The zero-order chi connectivity index (χ0) is 12.8. The summed E-state index contributed by atoms with van der Waals surface area (Å²) in [6, 6.07) is 10.4. The monoisotopic (exact) mass is 242 g/mol. The normalized spacial score (nSPS) is 18.2. The first kappa shape index (κ1) is 13.1. The molecule has 0 radical (unpaired) electrons. The highest BCUT2D eigenvalue weighted by atomic mass is 16.1. The SMILES string of the molecule is C=CCCC(=O)C1(c2ccccc2)CCCCC1. The Labute approximate surface area is 110 Å². The van der Waals surface area contributed by atoms with Crippen molar-refractivity contribution >= 4 is 5.78 Å². The predicted octanol–water partition coefficient (Wildman–Crippen LogP) is 4.42. The van der Waals surface area contributed by atoms with Crippen LogP contribution in [0.4, 0.5) is 0 Å². The van der Waals surface area contributed by atoms with E-state index in [1.165, 1.54) is 24.8 Å². The van der Waals surface area contributed by atoms with Gasteiger partial charge in [0.2, 0.25) is 0 Å². The molecule has 0 spiro atoms. The van der Waals surface area contributed by atoms with Crippen LogP contribution in [-0.2, 0) is 10.2 Å². The molecule has 1 aromatic carbocycles. The van der Waals surface area contributed by atoms with Crippen molar-refractivity contribution in [2.45, 2.75) is 50.4 Å². The van der Waals surface area contributed by atoms with Gasteiger partial charge in [-0.25, -0.2) is 0 Å². The highest BCUT2D eigenvalue weighted by Gasteiger charge is 2.39. The summed E-state index contributed by atoms with van der Waals surface area (Å²) in [6.45, 7) is 3.72. The molecule has 1 fully saturated rings. The first-order valence-corrected chi connectivity index (χ1v) is 6.99. The van der Waals surface area contributed by atoms with Crippen molar-refractivity contribution in [2.75, 3.05) is 0 Å². The van der Waals surface area contributed by atoms with E-state index < -0.39 is 0 Å². The molecule has 1 aromatic rings. The van der Waals surface area contributed by atoms with Crippen molar-refractivity contribution in [3.8, 4) is 0 Å². The van der Waals surface area contributed by atoms with Crippen LogP contribution < -0.4 is 0 Å². The summed E-state index contributed by atoms with van der Waals surface area (Å²) < 4.78 is 0. The quantitative estimate of drug-likeness (QED) is 0.698. The van der Waals surface area contributed by atoms with E-state index in [9.17, 15) is 4.79 Å². The summed E-state index contributed by atoms with van der Waals surface area (Å²) >= 11 is 0. The van der Waals surface area contributed by atoms with Gasteiger partial charge >= 0.3 is 0 Å². The number of ketones is 1. The smallest absolute Gasteiger partial charge is 0.143 e. The van der Waals surface area contributed by atoms with Crippen LogP contribution in [0.1, 0.15) is 50.5 Å². The van der Waals surface area contributed by atoms with E-state index in [1.807, 2.05) is 24.3 Å². The summed E-state index contributed by atoms with van der Waals surface area (Å²) in [7, 11) is 0. The molecule has 0 heterocycles. The molecule has 1 heteroatoms. The van der Waals surface area contributed by atoms with Crippen molar-refractivity contribution < 1.29 is 4.79 Å². The van der Waals surface area contributed by atoms with Crippen LogP contribution in [0.15, 0.2) is 43.0 Å². The lowest BCUT2D eigenvalue weighted by Crippen LogP contribution is -2.37. The van der Waals surface area contributed by atoms with Gasteiger partial charge in [-0.2, -0.15) is 0 Å². The van der Waals surface area contributed by atoms with Gasteiger partial charge < -0.3 is 0 Å². The molecule has 0 unspecified atom stereocenters. The molecule has 1 nitrogen and oxygen atoms in total. The zero-order valence-electron chi connectivity index (χ0n) is 11.0. The van der Waals surface area contributed by atoms with Crippen LogP contribution in [-0.4, -0.2) is 5.78 Å². The molecule has 1 aliphatic carbocycles. The van der Waals surface area contributed by atoms with E-state index in [1.54, 1.807) is 0 Å². The third-order valence-corrected chi connectivity index (χ3v) is 4.14. The van der Waals surface area contributed by atoms with Crippen LogP contribution in [0.25, 0.3) is 0 Å². The van der Waals surface area contributed by atoms with Crippen molar-refractivity contribution in [1.29, 1.82) is 0 Å². The van der Waals surface area contributed by atoms with E-state index in [0.29, 0.717) is 12.2 Å². The predicted molar refractivity (Wildman–Crippen MR) is 75.6 cm³/mol. The van der Waals surface area contributed by atoms with Gasteiger partial charge in [0.15, 0.2) is 0 Å². The zero-order valence-corrected chi connectivity index (χ0v) is 11.0. The van der Waals surface area contributed by atoms with Gasteiger partial charge in [0, 0.05) is 6.42 Å². The van der Waals surface area contributed by atoms with Gasteiger partial charge in [-0.05, 0) is 24.8 Å². The molecule has 0 saturated heterocycles. The topological polar surface area (TPSA) is 17.1 Å². The standard InChI is InChI=1S/C17H22O/c1-2-3-12-16(18)17(13-8-5-9-14-17)15-10-6-4-7-11-15/h2,4,6-7,10-11H,1,3,5,8-9,12-14H2. The van der Waals surface area contributed by atoms with Gasteiger partial charge in [-0.15, -0.1) is 6.58 Å². The van der Waals surface area contributed by atoms with Crippen LogP contribution in [0.2, 0.25) is 0 Å². The number of carbonyl (C=O) groups excluding carboxylic acids is 1. The maximum Gasteiger partial charge on any atom is 0.143 e. The van der Waals surface area contributed by atoms with Crippen LogP contribution >= 0.6 is 0 Å². The van der Waals surface area contributed by atoms with Gasteiger partial charge in [-0.3, -0.25) is 4.79 Å².